The number of hydrogen-bond donors (Lipinski definition) is 0. The van der Waals surface area contributed by atoms with Crippen LogP contribution in [0.4, 0.5) is 0 Å². The molecule has 0 radical (unpaired) electrons. The van der Waals surface area contributed by atoms with Crippen LogP contribution in [0.25, 0.3) is 0 Å². The van der Waals surface area contributed by atoms with Crippen molar-refractivity contribution in [3.8, 4) is 0 Å². The smallest absolute Gasteiger partial charge is 0.298 e. The number of rotatable bonds is 19. The average molecular weight is 355 g/mol. The monoisotopic (exact) mass is 354 g/mol. The van der Waals surface area contributed by atoms with Crippen LogP contribution in [0.15, 0.2) is 12.2 Å². The fourth-order valence-corrected chi connectivity index (χ4v) is 2.86. The zero-order valence-electron chi connectivity index (χ0n) is 16.9. The molecule has 0 N–H and O–H groups in total. The van der Waals surface area contributed by atoms with Gasteiger partial charge in [0, 0.05) is 6.42 Å². The van der Waals surface area contributed by atoms with Crippen LogP contribution in [0.2, 0.25) is 0 Å². The molecule has 0 fully saturated rings. The van der Waals surface area contributed by atoms with Crippen LogP contribution in [-0.4, -0.2) is 12.6 Å². The third-order valence-electron chi connectivity index (χ3n) is 4.41. The van der Waals surface area contributed by atoms with E-state index in [1.54, 1.807) is 6.92 Å². The van der Waals surface area contributed by atoms with Crippen molar-refractivity contribution in [1.29, 1.82) is 0 Å². The van der Waals surface area contributed by atoms with Gasteiger partial charge in [0.05, 0.1) is 6.61 Å². The van der Waals surface area contributed by atoms with Gasteiger partial charge in [-0.15, -0.1) is 0 Å². The van der Waals surface area contributed by atoms with Crippen molar-refractivity contribution < 1.29 is 14.6 Å². The Labute approximate surface area is 156 Å². The highest BCUT2D eigenvalue weighted by atomic mass is 17.2. The molecule has 0 saturated carbocycles. The third-order valence-corrected chi connectivity index (χ3v) is 4.41. The van der Waals surface area contributed by atoms with Crippen LogP contribution in [0.5, 0.6) is 0 Å². The van der Waals surface area contributed by atoms with Gasteiger partial charge in [0.2, 0.25) is 0 Å². The molecule has 0 amide bonds. The molecule has 3 heteroatoms. The normalized spacial score (nSPS) is 11.3. The summed E-state index contributed by atoms with van der Waals surface area (Å²) >= 11 is 0. The summed E-state index contributed by atoms with van der Waals surface area (Å²) in [5.41, 5.74) is 0. The SMILES string of the molecule is CCCCCCCCC=CCCCCCCCCCC(=O)OOCC. The molecule has 0 saturated heterocycles. The van der Waals surface area contributed by atoms with E-state index in [1.807, 2.05) is 0 Å². The molecule has 25 heavy (non-hydrogen) atoms. The van der Waals surface area contributed by atoms with E-state index >= 15 is 0 Å². The van der Waals surface area contributed by atoms with Gasteiger partial charge in [-0.3, -0.25) is 4.89 Å². The van der Waals surface area contributed by atoms with Gasteiger partial charge in [0.25, 0.3) is 0 Å². The molecule has 0 aliphatic carbocycles. The van der Waals surface area contributed by atoms with E-state index in [1.165, 1.54) is 83.5 Å². The first-order valence-corrected chi connectivity index (χ1v) is 10.8. The minimum Gasteiger partial charge on any atom is -0.298 e. The lowest BCUT2D eigenvalue weighted by Gasteiger charge is -2.02. The summed E-state index contributed by atoms with van der Waals surface area (Å²) in [6, 6.07) is 0. The van der Waals surface area contributed by atoms with Crippen LogP contribution in [0, 0.1) is 0 Å². The Morgan fingerprint density at radius 3 is 1.68 bits per heavy atom. The molecule has 0 aromatic rings. The molecule has 0 aromatic carbocycles. The minimum atomic E-state index is -0.241. The highest BCUT2D eigenvalue weighted by Gasteiger charge is 2.02. The van der Waals surface area contributed by atoms with Crippen molar-refractivity contribution in [2.45, 2.75) is 117 Å². The highest BCUT2D eigenvalue weighted by Crippen LogP contribution is 2.11. The van der Waals surface area contributed by atoms with E-state index in [-0.39, 0.29) is 5.97 Å². The Kier molecular flexibility index (Phi) is 20.5. The molecule has 0 heterocycles. The van der Waals surface area contributed by atoms with Crippen LogP contribution < -0.4 is 0 Å². The summed E-state index contributed by atoms with van der Waals surface area (Å²) in [5.74, 6) is -0.241. The lowest BCUT2D eigenvalue weighted by atomic mass is 10.1. The zero-order chi connectivity index (χ0) is 18.4. The quantitative estimate of drug-likeness (QED) is 0.106. The Bertz CT molecular complexity index is 300. The molecule has 0 atom stereocenters. The Morgan fingerprint density at radius 2 is 1.16 bits per heavy atom. The molecule has 0 aliphatic rings. The van der Waals surface area contributed by atoms with Crippen molar-refractivity contribution in [3.63, 3.8) is 0 Å². The first kappa shape index (κ1) is 24.2. The van der Waals surface area contributed by atoms with Crippen molar-refractivity contribution in [1.82, 2.24) is 0 Å². The molecule has 0 unspecified atom stereocenters. The van der Waals surface area contributed by atoms with E-state index in [0.717, 1.165) is 12.8 Å². The Hall–Kier alpha value is -0.830. The molecule has 0 aromatic heterocycles. The predicted molar refractivity (Wildman–Crippen MR) is 106 cm³/mol. The van der Waals surface area contributed by atoms with Crippen molar-refractivity contribution >= 4 is 5.97 Å². The second kappa shape index (κ2) is 21.2. The van der Waals surface area contributed by atoms with Crippen LogP contribution >= 0.6 is 0 Å². The van der Waals surface area contributed by atoms with Gasteiger partial charge in [-0.05, 0) is 39.0 Å². The Balaban J connectivity index is 3.13. The van der Waals surface area contributed by atoms with Gasteiger partial charge in [0.15, 0.2) is 0 Å². The summed E-state index contributed by atoms with van der Waals surface area (Å²) in [6.07, 6.45) is 24.5. The van der Waals surface area contributed by atoms with Crippen LogP contribution in [-0.2, 0) is 14.6 Å². The number of allylic oxidation sites excluding steroid dienone is 2. The number of carbonyl (C=O) groups excluding carboxylic acids is 1. The summed E-state index contributed by atoms with van der Waals surface area (Å²) in [6.45, 7) is 4.49. The third kappa shape index (κ3) is 21.1. The molecule has 0 bridgehead atoms. The summed E-state index contributed by atoms with van der Waals surface area (Å²) < 4.78 is 0. The molecule has 0 spiro atoms. The topological polar surface area (TPSA) is 35.5 Å². The van der Waals surface area contributed by atoms with E-state index in [0.29, 0.717) is 13.0 Å². The first-order chi connectivity index (χ1) is 12.3. The lowest BCUT2D eigenvalue weighted by Crippen LogP contribution is -2.04. The largest absolute Gasteiger partial charge is 0.342 e. The molecular formula is C22H42O3. The summed E-state index contributed by atoms with van der Waals surface area (Å²) in [4.78, 5) is 20.4. The van der Waals surface area contributed by atoms with E-state index in [4.69, 9.17) is 0 Å². The van der Waals surface area contributed by atoms with E-state index < -0.39 is 0 Å². The maximum Gasteiger partial charge on any atom is 0.342 e. The number of carbonyl (C=O) groups is 1. The second-order valence-electron chi connectivity index (χ2n) is 6.90. The maximum absolute atomic E-state index is 11.2. The number of hydrogen-bond acceptors (Lipinski definition) is 3. The van der Waals surface area contributed by atoms with Crippen LogP contribution in [0.1, 0.15) is 117 Å². The van der Waals surface area contributed by atoms with Gasteiger partial charge in [-0.2, -0.15) is 4.89 Å². The second-order valence-corrected chi connectivity index (χ2v) is 6.90. The Morgan fingerprint density at radius 1 is 0.680 bits per heavy atom. The van der Waals surface area contributed by atoms with Crippen molar-refractivity contribution in [2.75, 3.05) is 6.61 Å². The van der Waals surface area contributed by atoms with Gasteiger partial charge in [-0.1, -0.05) is 83.3 Å². The van der Waals surface area contributed by atoms with Gasteiger partial charge in [-0.25, -0.2) is 4.79 Å². The maximum atomic E-state index is 11.2. The van der Waals surface area contributed by atoms with Crippen LogP contribution in [0.3, 0.4) is 0 Å². The molecule has 0 aliphatic heterocycles. The minimum absolute atomic E-state index is 0.241. The average Bonchev–Trinajstić information content (AvgIpc) is 2.62. The molecule has 148 valence electrons. The summed E-state index contributed by atoms with van der Waals surface area (Å²) in [7, 11) is 0. The first-order valence-electron chi connectivity index (χ1n) is 10.8. The predicted octanol–water partition coefficient (Wildman–Crippen LogP) is 7.30. The fraction of sp³-hybridized carbons (Fsp3) is 0.864. The standard InChI is InChI=1S/C22H42O3/c1-3-5-6-7-8-9-10-11-12-13-14-15-16-17-18-19-20-21-22(23)25-24-4-2/h11-12H,3-10,13-21H2,1-2H3. The molecule has 3 nitrogen and oxygen atoms in total. The lowest BCUT2D eigenvalue weighted by molar-refractivity contribution is -0.269. The zero-order valence-corrected chi connectivity index (χ0v) is 16.9. The molecule has 0 rings (SSSR count). The fourth-order valence-electron chi connectivity index (χ4n) is 2.86. The van der Waals surface area contributed by atoms with Gasteiger partial charge in [0.1, 0.15) is 0 Å². The van der Waals surface area contributed by atoms with Gasteiger partial charge >= 0.3 is 5.97 Å². The van der Waals surface area contributed by atoms with Crippen molar-refractivity contribution in [2.24, 2.45) is 0 Å². The van der Waals surface area contributed by atoms with E-state index in [9.17, 15) is 4.79 Å². The van der Waals surface area contributed by atoms with Crippen molar-refractivity contribution in [3.05, 3.63) is 12.2 Å². The number of unbranched alkanes of at least 4 members (excludes halogenated alkanes) is 13. The molecular weight excluding hydrogens is 312 g/mol. The van der Waals surface area contributed by atoms with Gasteiger partial charge < -0.3 is 0 Å². The highest BCUT2D eigenvalue weighted by molar-refractivity contribution is 5.68. The summed E-state index contributed by atoms with van der Waals surface area (Å²) in [5, 5.41) is 0. The van der Waals surface area contributed by atoms with E-state index in [2.05, 4.69) is 28.9 Å².